The van der Waals surface area contributed by atoms with Crippen LogP contribution in [0.3, 0.4) is 0 Å². The van der Waals surface area contributed by atoms with Crippen molar-refractivity contribution in [3.8, 4) is 11.5 Å². The summed E-state index contributed by atoms with van der Waals surface area (Å²) in [4.78, 5) is 25.2. The normalized spacial score (nSPS) is 15.1. The molecule has 1 aliphatic heterocycles. The number of hydrogen-bond acceptors (Lipinski definition) is 7. The maximum Gasteiger partial charge on any atom is 0.420 e. The Labute approximate surface area is 197 Å². The average molecular weight is 490 g/mol. The van der Waals surface area contributed by atoms with Gasteiger partial charge in [-0.2, -0.15) is 4.31 Å². The summed E-state index contributed by atoms with van der Waals surface area (Å²) >= 11 is 0. The first kappa shape index (κ1) is 23.8. The second-order valence-electron chi connectivity index (χ2n) is 8.02. The van der Waals surface area contributed by atoms with Crippen LogP contribution in [0, 0.1) is 0 Å². The highest BCUT2D eigenvalue weighted by molar-refractivity contribution is 7.89. The van der Waals surface area contributed by atoms with Crippen LogP contribution < -0.4 is 20.5 Å². The first-order chi connectivity index (χ1) is 16.3. The van der Waals surface area contributed by atoms with E-state index in [1.807, 2.05) is 0 Å². The van der Waals surface area contributed by atoms with Gasteiger partial charge in [-0.1, -0.05) is 12.8 Å². The van der Waals surface area contributed by atoms with Gasteiger partial charge in [-0.05, 0) is 37.1 Å². The van der Waals surface area contributed by atoms with Gasteiger partial charge in [0.2, 0.25) is 15.9 Å². The predicted octanol–water partition coefficient (Wildman–Crippen LogP) is 2.82. The van der Waals surface area contributed by atoms with Crippen molar-refractivity contribution in [3.05, 3.63) is 46.9 Å². The Morgan fingerprint density at radius 3 is 2.44 bits per heavy atom. The van der Waals surface area contributed by atoms with Crippen molar-refractivity contribution in [1.29, 1.82) is 0 Å². The first-order valence-corrected chi connectivity index (χ1v) is 12.4. The number of nitrogens with zero attached hydrogens (tertiary/aromatic N) is 2. The summed E-state index contributed by atoms with van der Waals surface area (Å²) in [6.07, 6.45) is 3.66. The fraction of sp³-hybridized carbons (Fsp3) is 0.391. The molecule has 3 aromatic rings. The molecular formula is C23H27N3O7S. The molecule has 0 spiro atoms. The molecule has 34 heavy (non-hydrogen) atoms. The number of rotatable bonds is 7. The molecule has 10 nitrogen and oxygen atoms in total. The molecule has 0 atom stereocenters. The topological polar surface area (TPSA) is 120 Å². The molecule has 2 aromatic carbocycles. The van der Waals surface area contributed by atoms with Gasteiger partial charge in [0, 0.05) is 25.2 Å². The molecule has 4 rings (SSSR count). The predicted molar refractivity (Wildman–Crippen MR) is 126 cm³/mol. The quantitative estimate of drug-likeness (QED) is 0.542. The molecule has 0 aliphatic carbocycles. The summed E-state index contributed by atoms with van der Waals surface area (Å²) in [7, 11) is -0.709. The van der Waals surface area contributed by atoms with Crippen LogP contribution in [0.25, 0.3) is 11.1 Å². The number of hydrogen-bond donors (Lipinski definition) is 1. The zero-order chi connectivity index (χ0) is 24.3. The van der Waals surface area contributed by atoms with E-state index in [4.69, 9.17) is 13.9 Å². The van der Waals surface area contributed by atoms with Gasteiger partial charge in [-0.25, -0.2) is 13.2 Å². The Morgan fingerprint density at radius 2 is 1.76 bits per heavy atom. The van der Waals surface area contributed by atoms with Crippen LogP contribution in [-0.2, 0) is 21.4 Å². The second kappa shape index (κ2) is 9.90. The summed E-state index contributed by atoms with van der Waals surface area (Å²) < 4.78 is 44.5. The molecule has 182 valence electrons. The molecule has 1 N–H and O–H groups in total. The lowest BCUT2D eigenvalue weighted by atomic mass is 10.2. The van der Waals surface area contributed by atoms with E-state index >= 15 is 0 Å². The van der Waals surface area contributed by atoms with E-state index in [0.29, 0.717) is 35.8 Å². The van der Waals surface area contributed by atoms with Gasteiger partial charge in [0.25, 0.3) is 0 Å². The number of fused-ring (bicyclic) bond motifs is 1. The van der Waals surface area contributed by atoms with E-state index < -0.39 is 21.7 Å². The molecule has 1 aliphatic rings. The van der Waals surface area contributed by atoms with Gasteiger partial charge in [0.15, 0.2) is 5.58 Å². The maximum atomic E-state index is 13.1. The van der Waals surface area contributed by atoms with E-state index in [-0.39, 0.29) is 17.0 Å². The number of ether oxygens (including phenoxy) is 2. The zero-order valence-electron chi connectivity index (χ0n) is 19.1. The van der Waals surface area contributed by atoms with E-state index in [0.717, 1.165) is 30.3 Å². The molecule has 0 unspecified atom stereocenters. The molecule has 1 aromatic heterocycles. The lowest BCUT2D eigenvalue weighted by molar-refractivity contribution is -0.116. The van der Waals surface area contributed by atoms with Gasteiger partial charge in [0.1, 0.15) is 18.0 Å². The van der Waals surface area contributed by atoms with Gasteiger partial charge in [-0.15, -0.1) is 0 Å². The number of methoxy groups -OCH3 is 2. The van der Waals surface area contributed by atoms with E-state index in [1.165, 1.54) is 36.7 Å². The van der Waals surface area contributed by atoms with Crippen molar-refractivity contribution in [2.24, 2.45) is 0 Å². The molecule has 2 heterocycles. The SMILES string of the molecule is COc1ccc(NC(=O)Cn2c(=O)oc3cc(S(=O)(=O)N4CCCCCC4)ccc32)c(OC)c1. The largest absolute Gasteiger partial charge is 0.497 e. The van der Waals surface area contributed by atoms with Crippen molar-refractivity contribution in [1.82, 2.24) is 8.87 Å². The third kappa shape index (κ3) is 4.80. The average Bonchev–Trinajstić information content (AvgIpc) is 3.00. The fourth-order valence-electron chi connectivity index (χ4n) is 4.02. The highest BCUT2D eigenvalue weighted by Gasteiger charge is 2.26. The Kier molecular flexibility index (Phi) is 6.94. The van der Waals surface area contributed by atoms with Gasteiger partial charge >= 0.3 is 5.76 Å². The summed E-state index contributed by atoms with van der Waals surface area (Å²) in [6, 6.07) is 9.21. The van der Waals surface area contributed by atoms with Crippen molar-refractivity contribution in [3.63, 3.8) is 0 Å². The fourth-order valence-corrected chi connectivity index (χ4v) is 5.56. The van der Waals surface area contributed by atoms with Crippen molar-refractivity contribution in [2.75, 3.05) is 32.6 Å². The first-order valence-electron chi connectivity index (χ1n) is 11.0. The number of anilines is 1. The standard InChI is InChI=1S/C23H27N3O7S/c1-31-16-7-9-18(20(13-16)32-2)24-22(27)15-26-19-10-8-17(14-21(19)33-23(26)28)34(29,30)25-11-5-3-4-6-12-25/h7-10,13-14H,3-6,11-12,15H2,1-2H3,(H,24,27). The lowest BCUT2D eigenvalue weighted by Gasteiger charge is -2.19. The summed E-state index contributed by atoms with van der Waals surface area (Å²) in [5.74, 6) is -0.260. The molecule has 0 bridgehead atoms. The van der Waals surface area contributed by atoms with Crippen molar-refractivity contribution in [2.45, 2.75) is 37.1 Å². The van der Waals surface area contributed by atoms with Crippen molar-refractivity contribution < 1.29 is 27.1 Å². The Hall–Kier alpha value is -3.31. The third-order valence-electron chi connectivity index (χ3n) is 5.83. The minimum absolute atomic E-state index is 0.0650. The number of benzene rings is 2. The third-order valence-corrected chi connectivity index (χ3v) is 7.72. The highest BCUT2D eigenvalue weighted by atomic mass is 32.2. The Morgan fingerprint density at radius 1 is 1.03 bits per heavy atom. The number of nitrogens with one attached hydrogen (secondary N) is 1. The van der Waals surface area contributed by atoms with Crippen LogP contribution in [0.5, 0.6) is 11.5 Å². The van der Waals surface area contributed by atoms with E-state index in [1.54, 1.807) is 18.2 Å². The van der Waals surface area contributed by atoms with Gasteiger partial charge < -0.3 is 19.2 Å². The Balaban J connectivity index is 1.57. The summed E-state index contributed by atoms with van der Waals surface area (Å²) in [5.41, 5.74) is 0.854. The number of oxazole rings is 1. The highest BCUT2D eigenvalue weighted by Crippen LogP contribution is 2.29. The van der Waals surface area contributed by atoms with Crippen LogP contribution in [0.2, 0.25) is 0 Å². The number of aromatic nitrogens is 1. The monoisotopic (exact) mass is 489 g/mol. The Bertz CT molecular complexity index is 1350. The number of sulfonamides is 1. The number of carbonyl (C=O) groups is 1. The maximum absolute atomic E-state index is 13.1. The number of amides is 1. The molecule has 1 fully saturated rings. The lowest BCUT2D eigenvalue weighted by Crippen LogP contribution is -2.31. The molecular weight excluding hydrogens is 462 g/mol. The molecule has 0 saturated carbocycles. The molecule has 11 heteroatoms. The van der Waals surface area contributed by atoms with Crippen molar-refractivity contribution >= 4 is 32.7 Å². The van der Waals surface area contributed by atoms with Gasteiger partial charge in [-0.3, -0.25) is 9.36 Å². The zero-order valence-corrected chi connectivity index (χ0v) is 19.9. The van der Waals surface area contributed by atoms with Crippen LogP contribution in [0.1, 0.15) is 25.7 Å². The van der Waals surface area contributed by atoms with E-state index in [2.05, 4.69) is 5.32 Å². The minimum Gasteiger partial charge on any atom is -0.497 e. The summed E-state index contributed by atoms with van der Waals surface area (Å²) in [6.45, 7) is 0.625. The van der Waals surface area contributed by atoms with Crippen LogP contribution in [0.4, 0.5) is 5.69 Å². The van der Waals surface area contributed by atoms with Crippen LogP contribution in [0.15, 0.2) is 50.5 Å². The summed E-state index contributed by atoms with van der Waals surface area (Å²) in [5, 5.41) is 2.70. The van der Waals surface area contributed by atoms with Gasteiger partial charge in [0.05, 0.1) is 30.3 Å². The smallest absolute Gasteiger partial charge is 0.420 e. The minimum atomic E-state index is -3.70. The van der Waals surface area contributed by atoms with Crippen LogP contribution in [-0.4, -0.2) is 50.5 Å². The molecule has 0 radical (unpaired) electrons. The van der Waals surface area contributed by atoms with Crippen LogP contribution >= 0.6 is 0 Å². The molecule has 1 amide bonds. The molecule has 1 saturated heterocycles. The second-order valence-corrected chi connectivity index (χ2v) is 9.95. The number of carbonyl (C=O) groups excluding carboxylic acids is 1. The van der Waals surface area contributed by atoms with E-state index in [9.17, 15) is 18.0 Å².